The average Bonchev–Trinajstić information content (AvgIpc) is 3.25. The van der Waals surface area contributed by atoms with Gasteiger partial charge >= 0.3 is 5.91 Å². The van der Waals surface area contributed by atoms with Crippen LogP contribution in [0.25, 0.3) is 6.08 Å². The van der Waals surface area contributed by atoms with E-state index in [0.29, 0.717) is 17.8 Å². The molecule has 0 spiro atoms. The van der Waals surface area contributed by atoms with E-state index in [1.807, 2.05) is 12.2 Å². The molecule has 1 aromatic rings. The highest BCUT2D eigenvalue weighted by Gasteiger charge is 2.40. The molecule has 0 saturated carbocycles. The van der Waals surface area contributed by atoms with Crippen molar-refractivity contribution in [2.24, 2.45) is 0 Å². The zero-order valence-corrected chi connectivity index (χ0v) is 15.8. The molecule has 3 aliphatic rings. The quantitative estimate of drug-likeness (QED) is 0.609. The highest BCUT2D eigenvalue weighted by molar-refractivity contribution is 6.06. The van der Waals surface area contributed by atoms with E-state index >= 15 is 0 Å². The van der Waals surface area contributed by atoms with Crippen LogP contribution in [0, 0.1) is 5.82 Å². The van der Waals surface area contributed by atoms with Gasteiger partial charge in [0.1, 0.15) is 5.82 Å². The first-order valence-electron chi connectivity index (χ1n) is 9.66. The van der Waals surface area contributed by atoms with Gasteiger partial charge in [0, 0.05) is 19.2 Å². The van der Waals surface area contributed by atoms with Crippen molar-refractivity contribution in [3.05, 3.63) is 65.7 Å². The van der Waals surface area contributed by atoms with Gasteiger partial charge < -0.3 is 14.8 Å². The Bertz CT molecular complexity index is 925. The topological polar surface area (TPSA) is 67.6 Å². The fourth-order valence-electron chi connectivity index (χ4n) is 3.50. The minimum atomic E-state index is -0.463. The summed E-state index contributed by atoms with van der Waals surface area (Å²) >= 11 is 0. The smallest absolute Gasteiger partial charge is 0.455 e. The van der Waals surface area contributed by atoms with Gasteiger partial charge in [0.05, 0.1) is 6.10 Å². The second kappa shape index (κ2) is 8.53. The van der Waals surface area contributed by atoms with Gasteiger partial charge in [0.15, 0.2) is 0 Å². The first kappa shape index (κ1) is 19.3. The number of carbonyl (C=O) groups excluding carboxylic acids is 2. The predicted octanol–water partition coefficient (Wildman–Crippen LogP) is 1.97. The molecule has 4 rings (SSSR count). The van der Waals surface area contributed by atoms with Gasteiger partial charge in [-0.1, -0.05) is 24.3 Å². The molecule has 7 heteroatoms. The zero-order chi connectivity index (χ0) is 20.2. The van der Waals surface area contributed by atoms with E-state index < -0.39 is 12.0 Å². The lowest BCUT2D eigenvalue weighted by Gasteiger charge is -2.22. The highest BCUT2D eigenvalue weighted by Crippen LogP contribution is 2.21. The van der Waals surface area contributed by atoms with Crippen molar-refractivity contribution >= 4 is 23.6 Å². The third-order valence-corrected chi connectivity index (χ3v) is 5.00. The first-order chi connectivity index (χ1) is 14.1. The summed E-state index contributed by atoms with van der Waals surface area (Å²) in [5.74, 6) is -0.917. The van der Waals surface area contributed by atoms with Gasteiger partial charge in [-0.15, -0.1) is 4.58 Å². The third kappa shape index (κ3) is 4.51. The molecule has 2 amide bonds. The number of carbonyl (C=O) groups is 2. The summed E-state index contributed by atoms with van der Waals surface area (Å²) in [4.78, 5) is 25.5. The van der Waals surface area contributed by atoms with Crippen LogP contribution in [0.1, 0.15) is 18.4 Å². The standard InChI is InChI=1S/C22H21FN2O4/c23-16-9-7-15(8-10-16)12-20-22(27)25(18-5-1-2-6-19(18)29-20)14-21(26)24-13-17-4-3-11-28-17/h1-2,5-10,12,17,19H,3-4,11,13-14H2/p+1/b20-12+. The number of hydrogen-bond acceptors (Lipinski definition) is 4. The third-order valence-electron chi connectivity index (χ3n) is 5.00. The van der Waals surface area contributed by atoms with Gasteiger partial charge in [0.2, 0.25) is 24.1 Å². The van der Waals surface area contributed by atoms with Crippen LogP contribution in [0.2, 0.25) is 0 Å². The van der Waals surface area contributed by atoms with E-state index in [1.54, 1.807) is 30.4 Å². The number of amides is 2. The number of benzene rings is 1. The van der Waals surface area contributed by atoms with Crippen molar-refractivity contribution in [1.29, 1.82) is 0 Å². The molecular weight excluding hydrogens is 375 g/mol. The summed E-state index contributed by atoms with van der Waals surface area (Å²) in [7, 11) is 0. The fourth-order valence-corrected chi connectivity index (χ4v) is 3.50. The van der Waals surface area contributed by atoms with E-state index in [2.05, 4.69) is 5.32 Å². The normalized spacial score (nSPS) is 24.6. The summed E-state index contributed by atoms with van der Waals surface area (Å²) in [5, 5.41) is 2.84. The average molecular weight is 397 g/mol. The first-order valence-corrected chi connectivity index (χ1v) is 9.66. The molecule has 1 saturated heterocycles. The number of nitrogens with one attached hydrogen (secondary N) is 1. The molecule has 1 aliphatic carbocycles. The molecule has 2 aliphatic heterocycles. The molecule has 2 atom stereocenters. The summed E-state index contributed by atoms with van der Waals surface area (Å²) < 4.78 is 25.9. The van der Waals surface area contributed by atoms with E-state index in [9.17, 15) is 14.0 Å². The molecule has 0 aromatic heterocycles. The number of nitrogens with zero attached hydrogens (tertiary/aromatic N) is 1. The van der Waals surface area contributed by atoms with E-state index in [4.69, 9.17) is 9.47 Å². The molecule has 29 heavy (non-hydrogen) atoms. The fraction of sp³-hybridized carbons (Fsp3) is 0.318. The van der Waals surface area contributed by atoms with Crippen LogP contribution in [0.4, 0.5) is 4.39 Å². The van der Waals surface area contributed by atoms with Crippen LogP contribution in [-0.2, 0) is 19.1 Å². The van der Waals surface area contributed by atoms with Crippen molar-refractivity contribution in [3.8, 4) is 0 Å². The Hall–Kier alpha value is -3.06. The van der Waals surface area contributed by atoms with Crippen LogP contribution < -0.4 is 5.32 Å². The summed E-state index contributed by atoms with van der Waals surface area (Å²) in [6.07, 6.45) is 10.3. The molecule has 0 bridgehead atoms. The molecule has 0 radical (unpaired) electrons. The molecular formula is C22H22FN2O4+. The lowest BCUT2D eigenvalue weighted by molar-refractivity contribution is -0.443. The van der Waals surface area contributed by atoms with Crippen molar-refractivity contribution < 1.29 is 28.0 Å². The van der Waals surface area contributed by atoms with Crippen molar-refractivity contribution in [2.45, 2.75) is 25.0 Å². The van der Waals surface area contributed by atoms with Gasteiger partial charge in [-0.05, 0) is 42.7 Å². The number of allylic oxidation sites excluding steroid dienone is 2. The van der Waals surface area contributed by atoms with Crippen LogP contribution in [0.15, 0.2) is 54.3 Å². The Balaban J connectivity index is 1.54. The molecule has 150 valence electrons. The van der Waals surface area contributed by atoms with Crippen molar-refractivity contribution in [1.82, 2.24) is 5.32 Å². The Kier molecular flexibility index (Phi) is 5.67. The lowest BCUT2D eigenvalue weighted by atomic mass is 10.1. The minimum absolute atomic E-state index is 0.0335. The number of halogens is 1. The van der Waals surface area contributed by atoms with E-state index in [0.717, 1.165) is 19.4 Å². The largest absolute Gasteiger partial charge is 0.465 e. The number of fused-ring (bicyclic) bond motifs is 1. The van der Waals surface area contributed by atoms with Crippen LogP contribution in [0.5, 0.6) is 0 Å². The predicted molar refractivity (Wildman–Crippen MR) is 105 cm³/mol. The number of rotatable bonds is 5. The van der Waals surface area contributed by atoms with Gasteiger partial charge in [-0.2, -0.15) is 0 Å². The second-order valence-electron chi connectivity index (χ2n) is 7.10. The van der Waals surface area contributed by atoms with Crippen LogP contribution >= 0.6 is 0 Å². The SMILES string of the molecule is O=C(C[N+]1=C2C=CC=CC2O/C(=C/c2ccc(F)cc2)C1=O)NCC1CCCO1. The summed E-state index contributed by atoms with van der Waals surface area (Å²) in [5.41, 5.74) is 1.25. The number of hydrogen-bond donors (Lipinski definition) is 1. The minimum Gasteiger partial charge on any atom is -0.465 e. The van der Waals surface area contributed by atoms with Crippen LogP contribution in [-0.4, -0.2) is 54.0 Å². The number of ether oxygens (including phenoxy) is 2. The second-order valence-corrected chi connectivity index (χ2v) is 7.10. The van der Waals surface area contributed by atoms with Crippen molar-refractivity contribution in [2.75, 3.05) is 19.7 Å². The Morgan fingerprint density at radius 2 is 2.10 bits per heavy atom. The molecule has 2 unspecified atom stereocenters. The molecule has 1 N–H and O–H groups in total. The van der Waals surface area contributed by atoms with Gasteiger partial charge in [-0.3, -0.25) is 4.79 Å². The molecule has 6 nitrogen and oxygen atoms in total. The Labute approximate surface area is 168 Å². The molecule has 1 aromatic carbocycles. The summed E-state index contributed by atoms with van der Waals surface area (Å²) in [6.45, 7) is 1.04. The maximum Gasteiger partial charge on any atom is 0.455 e. The maximum atomic E-state index is 13.2. The molecule has 1 fully saturated rings. The maximum absolute atomic E-state index is 13.2. The van der Waals surface area contributed by atoms with E-state index in [-0.39, 0.29) is 30.1 Å². The zero-order valence-electron chi connectivity index (χ0n) is 15.8. The Morgan fingerprint density at radius 3 is 2.86 bits per heavy atom. The van der Waals surface area contributed by atoms with Crippen LogP contribution in [0.3, 0.4) is 0 Å². The van der Waals surface area contributed by atoms with Gasteiger partial charge in [0.25, 0.3) is 5.91 Å². The van der Waals surface area contributed by atoms with E-state index in [1.165, 1.54) is 16.7 Å². The summed E-state index contributed by atoms with van der Waals surface area (Å²) in [6, 6.07) is 5.76. The highest BCUT2D eigenvalue weighted by atomic mass is 19.1. The molecule has 2 heterocycles. The van der Waals surface area contributed by atoms with Gasteiger partial charge in [-0.25, -0.2) is 9.18 Å². The Morgan fingerprint density at radius 1 is 1.28 bits per heavy atom. The lowest BCUT2D eigenvalue weighted by Crippen LogP contribution is -2.47. The monoisotopic (exact) mass is 397 g/mol. The van der Waals surface area contributed by atoms with Crippen molar-refractivity contribution in [3.63, 3.8) is 0 Å².